The molecule has 1 heterocycles. The van der Waals surface area contributed by atoms with Crippen LogP contribution >= 0.6 is 11.6 Å². The molecule has 7 heteroatoms. The van der Waals surface area contributed by atoms with Crippen LogP contribution in [0.3, 0.4) is 0 Å². The van der Waals surface area contributed by atoms with E-state index in [-0.39, 0.29) is 11.0 Å². The van der Waals surface area contributed by atoms with Gasteiger partial charge in [0.2, 0.25) is 0 Å². The highest BCUT2D eigenvalue weighted by Gasteiger charge is 2.14. The molecule has 3 rings (SSSR count). The van der Waals surface area contributed by atoms with Crippen molar-refractivity contribution in [1.82, 2.24) is 4.98 Å². The van der Waals surface area contributed by atoms with E-state index < -0.39 is 16.8 Å². The number of ether oxygens (including phenoxy) is 1. The van der Waals surface area contributed by atoms with Crippen LogP contribution in [0.25, 0.3) is 11.1 Å². The Morgan fingerprint density at radius 3 is 2.70 bits per heavy atom. The lowest BCUT2D eigenvalue weighted by molar-refractivity contribution is 0.0600. The van der Waals surface area contributed by atoms with E-state index in [1.165, 1.54) is 7.11 Å². The third-order valence-electron chi connectivity index (χ3n) is 3.20. The van der Waals surface area contributed by atoms with E-state index in [1.807, 2.05) is 0 Å². The van der Waals surface area contributed by atoms with Gasteiger partial charge in [0.05, 0.1) is 18.4 Å². The van der Waals surface area contributed by atoms with Crippen molar-refractivity contribution < 1.29 is 18.2 Å². The maximum Gasteiger partial charge on any atom is 0.337 e. The standard InChI is InChI=1S/C16H12ClNO4S/c1-21-15(19)11-4-2-10(3-5-11)9-23(20)16-18-13-7-6-12(17)8-14(13)22-16/h2-8H,9H2,1H3. The number of rotatable bonds is 4. The monoisotopic (exact) mass is 349 g/mol. The number of hydrogen-bond acceptors (Lipinski definition) is 5. The van der Waals surface area contributed by atoms with Crippen molar-refractivity contribution in [3.05, 3.63) is 58.6 Å². The van der Waals surface area contributed by atoms with Crippen molar-refractivity contribution >= 4 is 39.5 Å². The van der Waals surface area contributed by atoms with Gasteiger partial charge in [-0.1, -0.05) is 23.7 Å². The second-order valence-electron chi connectivity index (χ2n) is 4.77. The molecule has 0 saturated carbocycles. The van der Waals surface area contributed by atoms with Gasteiger partial charge in [0.15, 0.2) is 5.58 Å². The van der Waals surface area contributed by atoms with Gasteiger partial charge in [-0.15, -0.1) is 0 Å². The molecule has 1 atom stereocenters. The fraction of sp³-hybridized carbons (Fsp3) is 0.125. The van der Waals surface area contributed by atoms with Crippen LogP contribution in [0.15, 0.2) is 52.1 Å². The summed E-state index contributed by atoms with van der Waals surface area (Å²) in [5, 5.41) is 0.684. The molecule has 2 aromatic carbocycles. The van der Waals surface area contributed by atoms with Gasteiger partial charge < -0.3 is 9.15 Å². The molecule has 0 aliphatic carbocycles. The summed E-state index contributed by atoms with van der Waals surface area (Å²) in [7, 11) is -0.106. The first kappa shape index (κ1) is 15.7. The summed E-state index contributed by atoms with van der Waals surface area (Å²) < 4.78 is 22.5. The quantitative estimate of drug-likeness (QED) is 0.673. The van der Waals surface area contributed by atoms with E-state index in [1.54, 1.807) is 42.5 Å². The number of aromatic nitrogens is 1. The highest BCUT2D eigenvalue weighted by atomic mass is 35.5. The summed E-state index contributed by atoms with van der Waals surface area (Å²) in [4.78, 5) is 15.6. The topological polar surface area (TPSA) is 69.4 Å². The third-order valence-corrected chi connectivity index (χ3v) is 4.59. The van der Waals surface area contributed by atoms with E-state index >= 15 is 0 Å². The second kappa shape index (κ2) is 6.52. The van der Waals surface area contributed by atoms with E-state index in [0.29, 0.717) is 21.7 Å². The zero-order chi connectivity index (χ0) is 16.4. The van der Waals surface area contributed by atoms with E-state index in [0.717, 1.165) is 5.56 Å². The summed E-state index contributed by atoms with van der Waals surface area (Å²) in [6.07, 6.45) is 0. The van der Waals surface area contributed by atoms with Crippen molar-refractivity contribution in [3.63, 3.8) is 0 Å². The molecule has 23 heavy (non-hydrogen) atoms. The van der Waals surface area contributed by atoms with Crippen LogP contribution in [0.1, 0.15) is 15.9 Å². The summed E-state index contributed by atoms with van der Waals surface area (Å²) in [6, 6.07) is 11.8. The minimum absolute atomic E-state index is 0.152. The number of carbonyl (C=O) groups is 1. The van der Waals surface area contributed by atoms with Gasteiger partial charge in [-0.25, -0.2) is 14.0 Å². The number of esters is 1. The Kier molecular flexibility index (Phi) is 4.45. The van der Waals surface area contributed by atoms with E-state index in [4.69, 9.17) is 16.0 Å². The van der Waals surface area contributed by atoms with E-state index in [2.05, 4.69) is 9.72 Å². The summed E-state index contributed by atoms with van der Waals surface area (Å²) >= 11 is 5.89. The van der Waals surface area contributed by atoms with Crippen LogP contribution in [-0.2, 0) is 21.3 Å². The first-order valence-electron chi connectivity index (χ1n) is 6.68. The molecule has 0 bridgehead atoms. The molecule has 5 nitrogen and oxygen atoms in total. The third kappa shape index (κ3) is 3.43. The molecule has 0 N–H and O–H groups in total. The van der Waals surface area contributed by atoms with Crippen molar-refractivity contribution in [2.75, 3.05) is 7.11 Å². The number of carbonyl (C=O) groups excluding carboxylic acids is 1. The zero-order valence-corrected chi connectivity index (χ0v) is 13.7. The molecule has 3 aromatic rings. The SMILES string of the molecule is COC(=O)c1ccc(CS(=O)c2nc3ccc(Cl)cc3o2)cc1. The van der Waals surface area contributed by atoms with Crippen LogP contribution in [-0.4, -0.2) is 22.3 Å². The lowest BCUT2D eigenvalue weighted by atomic mass is 10.1. The van der Waals surface area contributed by atoms with Crippen molar-refractivity contribution in [1.29, 1.82) is 0 Å². The highest BCUT2D eigenvalue weighted by Crippen LogP contribution is 2.22. The molecular formula is C16H12ClNO4S. The Morgan fingerprint density at radius 1 is 1.26 bits per heavy atom. The van der Waals surface area contributed by atoms with Crippen molar-refractivity contribution in [2.45, 2.75) is 11.0 Å². The summed E-state index contributed by atoms with van der Waals surface area (Å²) in [6.45, 7) is 0. The number of halogens is 1. The molecule has 0 radical (unpaired) electrons. The lowest BCUT2D eigenvalue weighted by Crippen LogP contribution is -2.02. The molecule has 118 valence electrons. The molecule has 0 fully saturated rings. The van der Waals surface area contributed by atoms with Crippen LogP contribution in [0, 0.1) is 0 Å². The fourth-order valence-electron chi connectivity index (χ4n) is 2.04. The average molecular weight is 350 g/mol. The maximum atomic E-state index is 12.4. The van der Waals surface area contributed by atoms with Gasteiger partial charge in [-0.2, -0.15) is 0 Å². The smallest absolute Gasteiger partial charge is 0.337 e. The first-order chi connectivity index (χ1) is 11.1. The highest BCUT2D eigenvalue weighted by molar-refractivity contribution is 7.84. The van der Waals surface area contributed by atoms with Gasteiger partial charge in [0.25, 0.3) is 5.22 Å². The number of fused-ring (bicyclic) bond motifs is 1. The predicted molar refractivity (Wildman–Crippen MR) is 86.9 cm³/mol. The van der Waals surface area contributed by atoms with Gasteiger partial charge in [-0.3, -0.25) is 0 Å². The Labute approximate surface area is 139 Å². The molecule has 1 unspecified atom stereocenters. The zero-order valence-electron chi connectivity index (χ0n) is 12.1. The number of oxazole rings is 1. The van der Waals surface area contributed by atoms with E-state index in [9.17, 15) is 9.00 Å². The van der Waals surface area contributed by atoms with Crippen LogP contribution in [0.2, 0.25) is 5.02 Å². The molecular weight excluding hydrogens is 338 g/mol. The van der Waals surface area contributed by atoms with Crippen molar-refractivity contribution in [3.8, 4) is 0 Å². The Bertz CT molecular complexity index is 889. The van der Waals surface area contributed by atoms with Gasteiger partial charge in [0, 0.05) is 11.1 Å². The molecule has 1 aromatic heterocycles. The fourth-order valence-corrected chi connectivity index (χ4v) is 3.21. The Balaban J connectivity index is 1.78. The van der Waals surface area contributed by atoms with Gasteiger partial charge >= 0.3 is 5.97 Å². The lowest BCUT2D eigenvalue weighted by Gasteiger charge is -2.01. The molecule has 0 aliphatic heterocycles. The molecule has 0 amide bonds. The van der Waals surface area contributed by atoms with Crippen LogP contribution in [0.4, 0.5) is 0 Å². The summed E-state index contributed by atoms with van der Waals surface area (Å²) in [5.74, 6) is -0.171. The second-order valence-corrected chi connectivity index (χ2v) is 6.54. The molecule has 0 saturated heterocycles. The number of nitrogens with zero attached hydrogens (tertiary/aromatic N) is 1. The van der Waals surface area contributed by atoms with Crippen LogP contribution < -0.4 is 0 Å². The van der Waals surface area contributed by atoms with Crippen LogP contribution in [0.5, 0.6) is 0 Å². The largest absolute Gasteiger partial charge is 0.465 e. The molecule has 0 spiro atoms. The number of benzene rings is 2. The summed E-state index contributed by atoms with van der Waals surface area (Å²) in [5.41, 5.74) is 2.36. The Hall–Kier alpha value is -2.18. The number of hydrogen-bond donors (Lipinski definition) is 0. The van der Waals surface area contributed by atoms with Gasteiger partial charge in [-0.05, 0) is 29.8 Å². The minimum atomic E-state index is -1.43. The van der Waals surface area contributed by atoms with Gasteiger partial charge in [0.1, 0.15) is 16.3 Å². The maximum absolute atomic E-state index is 12.4. The number of methoxy groups -OCH3 is 1. The predicted octanol–water partition coefficient (Wildman–Crippen LogP) is 3.58. The molecule has 0 aliphatic rings. The normalized spacial score (nSPS) is 12.3. The first-order valence-corrected chi connectivity index (χ1v) is 8.38. The average Bonchev–Trinajstić information content (AvgIpc) is 2.98. The van der Waals surface area contributed by atoms with Crippen molar-refractivity contribution in [2.24, 2.45) is 0 Å². The minimum Gasteiger partial charge on any atom is -0.465 e. The Morgan fingerprint density at radius 2 is 2.00 bits per heavy atom.